The summed E-state index contributed by atoms with van der Waals surface area (Å²) >= 11 is 0. The molecule has 0 saturated heterocycles. The zero-order valence-electron chi connectivity index (χ0n) is 11.4. The molecule has 0 saturated carbocycles. The van der Waals surface area contributed by atoms with Gasteiger partial charge in [-0.1, -0.05) is 60.7 Å². The highest BCUT2D eigenvalue weighted by Gasteiger charge is 2.06. The van der Waals surface area contributed by atoms with Gasteiger partial charge in [-0.2, -0.15) is 0 Å². The quantitative estimate of drug-likeness (QED) is 0.729. The van der Waals surface area contributed by atoms with Crippen molar-refractivity contribution in [3.63, 3.8) is 0 Å². The lowest BCUT2D eigenvalue weighted by atomic mass is 10.0. The smallest absolute Gasteiger partial charge is 0.183 e. The van der Waals surface area contributed by atoms with Crippen molar-refractivity contribution in [2.45, 2.75) is 0 Å². The lowest BCUT2D eigenvalue weighted by Gasteiger charge is -2.07. The number of aromatic nitrogens is 1. The van der Waals surface area contributed by atoms with E-state index in [0.717, 1.165) is 16.8 Å². The molecule has 0 spiro atoms. The van der Waals surface area contributed by atoms with E-state index in [1.165, 1.54) is 12.1 Å². The van der Waals surface area contributed by atoms with Crippen LogP contribution in [0.5, 0.6) is 0 Å². The molecule has 0 amide bonds. The Morgan fingerprint density at radius 2 is 1.38 bits per heavy atom. The molecule has 1 heterocycles. The summed E-state index contributed by atoms with van der Waals surface area (Å²) in [5, 5.41) is 0. The second-order valence-corrected chi connectivity index (χ2v) is 4.60. The van der Waals surface area contributed by atoms with E-state index in [-0.39, 0.29) is 5.43 Å². The first-order chi connectivity index (χ1) is 10.3. The van der Waals surface area contributed by atoms with E-state index in [2.05, 4.69) is 9.98 Å². The minimum absolute atomic E-state index is 0.0621. The van der Waals surface area contributed by atoms with Gasteiger partial charge in [-0.3, -0.25) is 4.79 Å². The fourth-order valence-electron chi connectivity index (χ4n) is 2.11. The monoisotopic (exact) mass is 274 g/mol. The maximum absolute atomic E-state index is 11.5. The van der Waals surface area contributed by atoms with Crippen molar-refractivity contribution in [2.24, 2.45) is 4.99 Å². The first-order valence-electron chi connectivity index (χ1n) is 6.71. The van der Waals surface area contributed by atoms with Gasteiger partial charge in [0.2, 0.25) is 0 Å². The minimum Gasteiger partial charge on any atom is -0.346 e. The Labute approximate surface area is 122 Å². The summed E-state index contributed by atoms with van der Waals surface area (Å²) in [5.74, 6) is 0.546. The number of hydrogen-bond acceptors (Lipinski definition) is 2. The highest BCUT2D eigenvalue weighted by atomic mass is 16.1. The Bertz CT molecular complexity index is 764. The van der Waals surface area contributed by atoms with E-state index in [1.807, 2.05) is 60.7 Å². The average molecular weight is 274 g/mol. The van der Waals surface area contributed by atoms with E-state index in [0.29, 0.717) is 5.82 Å². The summed E-state index contributed by atoms with van der Waals surface area (Å²) in [7, 11) is 0. The SMILES string of the molecule is O=c1cc[nH]c(N=C(c2ccccc2)c2ccccc2)c1. The van der Waals surface area contributed by atoms with Crippen molar-refractivity contribution in [2.75, 3.05) is 0 Å². The number of H-pyrrole nitrogens is 1. The molecule has 2 aromatic carbocycles. The number of hydrogen-bond donors (Lipinski definition) is 1. The summed E-state index contributed by atoms with van der Waals surface area (Å²) in [4.78, 5) is 19.1. The van der Waals surface area contributed by atoms with Crippen LogP contribution in [0.4, 0.5) is 5.82 Å². The Morgan fingerprint density at radius 3 is 1.90 bits per heavy atom. The van der Waals surface area contributed by atoms with Crippen molar-refractivity contribution in [1.29, 1.82) is 0 Å². The molecule has 102 valence electrons. The number of nitrogens with one attached hydrogen (secondary N) is 1. The molecule has 1 N–H and O–H groups in total. The number of nitrogens with zero attached hydrogens (tertiary/aromatic N) is 1. The maximum atomic E-state index is 11.5. The average Bonchev–Trinajstić information content (AvgIpc) is 2.54. The van der Waals surface area contributed by atoms with Gasteiger partial charge in [-0.05, 0) is 0 Å². The van der Waals surface area contributed by atoms with Crippen LogP contribution in [-0.4, -0.2) is 10.7 Å². The predicted octanol–water partition coefficient (Wildman–Crippen LogP) is 3.54. The van der Waals surface area contributed by atoms with Crippen LogP contribution in [0.15, 0.2) is 88.8 Å². The standard InChI is InChI=1S/C18H14N2O/c21-16-11-12-19-17(13-16)20-18(14-7-3-1-4-8-14)15-9-5-2-6-10-15/h1-13H,(H,19,21). The van der Waals surface area contributed by atoms with E-state index in [9.17, 15) is 4.79 Å². The highest BCUT2D eigenvalue weighted by Crippen LogP contribution is 2.15. The lowest BCUT2D eigenvalue weighted by Crippen LogP contribution is -2.04. The lowest BCUT2D eigenvalue weighted by molar-refractivity contribution is 1.25. The van der Waals surface area contributed by atoms with Gasteiger partial charge in [0.05, 0.1) is 5.71 Å². The van der Waals surface area contributed by atoms with Crippen LogP contribution < -0.4 is 5.43 Å². The van der Waals surface area contributed by atoms with E-state index >= 15 is 0 Å². The Morgan fingerprint density at radius 1 is 0.810 bits per heavy atom. The third kappa shape index (κ3) is 3.15. The second kappa shape index (κ2) is 6.01. The van der Waals surface area contributed by atoms with Gasteiger partial charge in [0.25, 0.3) is 0 Å². The molecule has 3 nitrogen and oxygen atoms in total. The fourth-order valence-corrected chi connectivity index (χ4v) is 2.11. The first-order valence-corrected chi connectivity index (χ1v) is 6.71. The summed E-state index contributed by atoms with van der Waals surface area (Å²) in [6.45, 7) is 0. The summed E-state index contributed by atoms with van der Waals surface area (Å²) in [5.41, 5.74) is 2.79. The molecule has 3 rings (SSSR count). The van der Waals surface area contributed by atoms with Crippen LogP contribution in [0, 0.1) is 0 Å². The summed E-state index contributed by atoms with van der Waals surface area (Å²) in [6, 6.07) is 22.8. The molecule has 0 aliphatic carbocycles. The van der Waals surface area contributed by atoms with Crippen LogP contribution in [0.1, 0.15) is 11.1 Å². The van der Waals surface area contributed by atoms with Gasteiger partial charge >= 0.3 is 0 Å². The van der Waals surface area contributed by atoms with Crippen LogP contribution in [0.3, 0.4) is 0 Å². The topological polar surface area (TPSA) is 45.2 Å². The van der Waals surface area contributed by atoms with Crippen LogP contribution >= 0.6 is 0 Å². The second-order valence-electron chi connectivity index (χ2n) is 4.60. The molecule has 0 atom stereocenters. The summed E-state index contributed by atoms with van der Waals surface area (Å²) < 4.78 is 0. The van der Waals surface area contributed by atoms with Crippen molar-refractivity contribution in [1.82, 2.24) is 4.98 Å². The molecular formula is C18H14N2O. The van der Waals surface area contributed by atoms with Crippen molar-refractivity contribution in [3.05, 3.63) is 100 Å². The number of pyridine rings is 1. The van der Waals surface area contributed by atoms with Crippen molar-refractivity contribution in [3.8, 4) is 0 Å². The van der Waals surface area contributed by atoms with Gasteiger partial charge in [0, 0.05) is 29.5 Å². The van der Waals surface area contributed by atoms with Gasteiger partial charge in [0.1, 0.15) is 5.82 Å². The molecule has 0 unspecified atom stereocenters. The number of aromatic amines is 1. The Hall–Kier alpha value is -2.94. The van der Waals surface area contributed by atoms with Crippen molar-refractivity contribution < 1.29 is 0 Å². The third-order valence-electron chi connectivity index (χ3n) is 3.08. The predicted molar refractivity (Wildman–Crippen MR) is 85.2 cm³/mol. The molecule has 0 radical (unpaired) electrons. The highest BCUT2D eigenvalue weighted by molar-refractivity contribution is 6.13. The third-order valence-corrected chi connectivity index (χ3v) is 3.08. The number of rotatable bonds is 3. The first kappa shape index (κ1) is 13.1. The Balaban J connectivity index is 2.15. The normalized spacial score (nSPS) is 10.1. The molecule has 21 heavy (non-hydrogen) atoms. The molecule has 0 aliphatic heterocycles. The van der Waals surface area contributed by atoms with Gasteiger partial charge in [-0.15, -0.1) is 0 Å². The molecule has 0 fully saturated rings. The molecule has 1 aromatic heterocycles. The molecule has 3 heteroatoms. The number of benzene rings is 2. The summed E-state index contributed by atoms with van der Waals surface area (Å²) in [6.07, 6.45) is 1.61. The van der Waals surface area contributed by atoms with E-state index in [1.54, 1.807) is 6.20 Å². The van der Waals surface area contributed by atoms with E-state index in [4.69, 9.17) is 0 Å². The molecule has 0 bridgehead atoms. The molecular weight excluding hydrogens is 260 g/mol. The van der Waals surface area contributed by atoms with Gasteiger partial charge in [0.15, 0.2) is 5.43 Å². The van der Waals surface area contributed by atoms with Crippen molar-refractivity contribution >= 4 is 11.5 Å². The van der Waals surface area contributed by atoms with E-state index < -0.39 is 0 Å². The Kier molecular flexibility index (Phi) is 3.74. The maximum Gasteiger partial charge on any atom is 0.183 e. The largest absolute Gasteiger partial charge is 0.346 e. The van der Waals surface area contributed by atoms with Gasteiger partial charge < -0.3 is 4.98 Å². The van der Waals surface area contributed by atoms with Crippen LogP contribution in [0.2, 0.25) is 0 Å². The zero-order chi connectivity index (χ0) is 14.5. The molecule has 0 aliphatic rings. The fraction of sp³-hybridized carbons (Fsp3) is 0. The molecule has 3 aromatic rings. The van der Waals surface area contributed by atoms with Crippen LogP contribution in [-0.2, 0) is 0 Å². The zero-order valence-corrected chi connectivity index (χ0v) is 11.4. The van der Waals surface area contributed by atoms with Crippen LogP contribution in [0.25, 0.3) is 0 Å². The number of aliphatic imine (C=N–C) groups is 1. The minimum atomic E-state index is -0.0621. The van der Waals surface area contributed by atoms with Gasteiger partial charge in [-0.25, -0.2) is 4.99 Å².